The Balaban J connectivity index is 1.39. The number of thiocarbonyl (C=S) groups is 1. The molecule has 1 saturated heterocycles. The molecule has 2 N–H and O–H groups in total. The fourth-order valence-electron chi connectivity index (χ4n) is 4.99. The van der Waals surface area contributed by atoms with Gasteiger partial charge in [0.05, 0.1) is 12.1 Å². The van der Waals surface area contributed by atoms with E-state index < -0.39 is 6.04 Å². The number of H-pyrrole nitrogens is 1. The first-order valence-corrected chi connectivity index (χ1v) is 12.0. The first-order chi connectivity index (χ1) is 16.4. The standard InChI is InChI=1S/C26H26N4O3S/c1-16(31)17-7-10-21(11-8-17)30-25(33)23(29(26(30)34)20-4-2-3-5-20)15-24(32)28-19-9-6-18-12-13-27-22(18)14-19/h6-14,20,23,27H,2-5,15H2,1H3,(H,28,32). The molecule has 5 rings (SSSR count). The van der Waals surface area contributed by atoms with Crippen molar-refractivity contribution in [2.45, 2.75) is 51.1 Å². The van der Waals surface area contributed by atoms with Gasteiger partial charge < -0.3 is 15.2 Å². The van der Waals surface area contributed by atoms with Crippen LogP contribution in [0.2, 0.25) is 0 Å². The number of anilines is 2. The molecule has 2 fully saturated rings. The first kappa shape index (κ1) is 22.3. The van der Waals surface area contributed by atoms with Crippen LogP contribution in [0.3, 0.4) is 0 Å². The molecule has 2 amide bonds. The van der Waals surface area contributed by atoms with E-state index in [0.29, 0.717) is 22.1 Å². The molecule has 2 aliphatic rings. The van der Waals surface area contributed by atoms with Crippen LogP contribution in [-0.4, -0.2) is 44.7 Å². The number of rotatable bonds is 6. The van der Waals surface area contributed by atoms with Crippen molar-refractivity contribution < 1.29 is 14.4 Å². The molecule has 1 atom stereocenters. The Bertz CT molecular complexity index is 1280. The number of aromatic amines is 1. The van der Waals surface area contributed by atoms with Crippen molar-refractivity contribution in [1.82, 2.24) is 9.88 Å². The minimum absolute atomic E-state index is 0.0142. The van der Waals surface area contributed by atoms with Gasteiger partial charge >= 0.3 is 0 Å². The lowest BCUT2D eigenvalue weighted by Gasteiger charge is -2.30. The van der Waals surface area contributed by atoms with E-state index in [2.05, 4.69) is 10.3 Å². The summed E-state index contributed by atoms with van der Waals surface area (Å²) in [7, 11) is 0. The maximum absolute atomic E-state index is 13.6. The van der Waals surface area contributed by atoms with Gasteiger partial charge in [-0.1, -0.05) is 18.9 Å². The number of benzene rings is 2. The van der Waals surface area contributed by atoms with Gasteiger partial charge in [0.1, 0.15) is 6.04 Å². The number of carbonyl (C=O) groups excluding carboxylic acids is 3. The summed E-state index contributed by atoms with van der Waals surface area (Å²) in [6.07, 6.45) is 5.94. The molecule has 7 nitrogen and oxygen atoms in total. The summed E-state index contributed by atoms with van der Waals surface area (Å²) in [4.78, 5) is 44.9. The topological polar surface area (TPSA) is 85.5 Å². The first-order valence-electron chi connectivity index (χ1n) is 11.6. The summed E-state index contributed by atoms with van der Waals surface area (Å²) in [5.74, 6) is -0.479. The average molecular weight is 475 g/mol. The highest BCUT2D eigenvalue weighted by atomic mass is 32.1. The minimum Gasteiger partial charge on any atom is -0.361 e. The highest BCUT2D eigenvalue weighted by Crippen LogP contribution is 2.34. The maximum atomic E-state index is 13.6. The summed E-state index contributed by atoms with van der Waals surface area (Å²) in [6, 6.07) is 14.0. The molecule has 1 saturated carbocycles. The molecule has 0 bridgehead atoms. The van der Waals surface area contributed by atoms with Gasteiger partial charge in [-0.2, -0.15) is 0 Å². The van der Waals surface area contributed by atoms with Crippen molar-refractivity contribution in [3.63, 3.8) is 0 Å². The van der Waals surface area contributed by atoms with E-state index in [-0.39, 0.29) is 30.1 Å². The summed E-state index contributed by atoms with van der Waals surface area (Å²) >= 11 is 5.77. The number of nitrogens with one attached hydrogen (secondary N) is 2. The van der Waals surface area contributed by atoms with Gasteiger partial charge in [0.15, 0.2) is 10.9 Å². The third-order valence-corrected chi connectivity index (χ3v) is 7.11. The molecule has 2 aromatic carbocycles. The van der Waals surface area contributed by atoms with Crippen molar-refractivity contribution in [2.75, 3.05) is 10.2 Å². The van der Waals surface area contributed by atoms with Crippen LogP contribution in [-0.2, 0) is 9.59 Å². The van der Waals surface area contributed by atoms with E-state index in [1.165, 1.54) is 11.8 Å². The van der Waals surface area contributed by atoms with Gasteiger partial charge in [0, 0.05) is 29.0 Å². The van der Waals surface area contributed by atoms with Gasteiger partial charge in [0.25, 0.3) is 5.91 Å². The molecule has 0 spiro atoms. The van der Waals surface area contributed by atoms with Crippen LogP contribution in [0.15, 0.2) is 54.7 Å². The van der Waals surface area contributed by atoms with Gasteiger partial charge in [-0.25, -0.2) is 0 Å². The minimum atomic E-state index is -0.655. The zero-order valence-corrected chi connectivity index (χ0v) is 19.7. The predicted molar refractivity (Wildman–Crippen MR) is 136 cm³/mol. The molecule has 8 heteroatoms. The van der Waals surface area contributed by atoms with Crippen LogP contribution in [0.5, 0.6) is 0 Å². The molecular formula is C26H26N4O3S. The Morgan fingerprint density at radius 3 is 2.53 bits per heavy atom. The third-order valence-electron chi connectivity index (χ3n) is 6.72. The Hall–Kier alpha value is -3.52. The number of amides is 2. The van der Waals surface area contributed by atoms with Gasteiger partial charge in [-0.15, -0.1) is 0 Å². The van der Waals surface area contributed by atoms with Crippen molar-refractivity contribution >= 4 is 57.2 Å². The molecule has 1 aliphatic carbocycles. The molecule has 1 aromatic heterocycles. The number of ketones is 1. The number of nitrogens with zero attached hydrogens (tertiary/aromatic N) is 2. The van der Waals surface area contributed by atoms with Gasteiger partial charge in [0.2, 0.25) is 5.91 Å². The Morgan fingerprint density at radius 1 is 1.09 bits per heavy atom. The van der Waals surface area contributed by atoms with Gasteiger partial charge in [-0.05, 0) is 79.8 Å². The molecule has 2 heterocycles. The number of carbonyl (C=O) groups is 3. The van der Waals surface area contributed by atoms with Crippen molar-refractivity contribution in [3.05, 3.63) is 60.3 Å². The lowest BCUT2D eigenvalue weighted by atomic mass is 10.1. The Morgan fingerprint density at radius 2 is 1.82 bits per heavy atom. The van der Waals surface area contributed by atoms with E-state index >= 15 is 0 Å². The molecule has 0 radical (unpaired) electrons. The second kappa shape index (κ2) is 9.02. The van der Waals surface area contributed by atoms with Crippen LogP contribution < -0.4 is 10.2 Å². The fourth-order valence-corrected chi connectivity index (χ4v) is 5.46. The molecule has 1 unspecified atom stereocenters. The Labute approximate surface area is 203 Å². The van der Waals surface area contributed by atoms with Crippen LogP contribution in [0.25, 0.3) is 10.9 Å². The molecule has 34 heavy (non-hydrogen) atoms. The molecular weight excluding hydrogens is 448 g/mol. The highest BCUT2D eigenvalue weighted by Gasteiger charge is 2.47. The van der Waals surface area contributed by atoms with Crippen LogP contribution in [0.1, 0.15) is 49.4 Å². The van der Waals surface area contributed by atoms with Crippen molar-refractivity contribution in [2.24, 2.45) is 0 Å². The summed E-state index contributed by atoms with van der Waals surface area (Å²) in [6.45, 7) is 1.50. The molecule has 3 aromatic rings. The largest absolute Gasteiger partial charge is 0.361 e. The summed E-state index contributed by atoms with van der Waals surface area (Å²) in [5.41, 5.74) is 2.80. The maximum Gasteiger partial charge on any atom is 0.256 e. The Kier molecular flexibility index (Phi) is 5.91. The van der Waals surface area contributed by atoms with E-state index in [4.69, 9.17) is 12.2 Å². The number of fused-ring (bicyclic) bond motifs is 1. The van der Waals surface area contributed by atoms with Crippen LogP contribution >= 0.6 is 12.2 Å². The zero-order valence-electron chi connectivity index (χ0n) is 18.9. The summed E-state index contributed by atoms with van der Waals surface area (Å²) < 4.78 is 0. The smallest absolute Gasteiger partial charge is 0.256 e. The average Bonchev–Trinajstić information content (AvgIpc) is 3.55. The highest BCUT2D eigenvalue weighted by molar-refractivity contribution is 7.80. The molecule has 1 aliphatic heterocycles. The van der Waals surface area contributed by atoms with E-state index in [1.807, 2.05) is 35.4 Å². The lowest BCUT2D eigenvalue weighted by Crippen LogP contribution is -2.43. The predicted octanol–water partition coefficient (Wildman–Crippen LogP) is 4.64. The van der Waals surface area contributed by atoms with E-state index in [0.717, 1.165) is 36.6 Å². The second-order valence-electron chi connectivity index (χ2n) is 8.95. The zero-order chi connectivity index (χ0) is 23.8. The van der Waals surface area contributed by atoms with Crippen LogP contribution in [0.4, 0.5) is 11.4 Å². The normalized spacial score (nSPS) is 18.8. The monoisotopic (exact) mass is 474 g/mol. The fraction of sp³-hybridized carbons (Fsp3) is 0.308. The second-order valence-corrected chi connectivity index (χ2v) is 9.32. The number of hydrogen-bond acceptors (Lipinski definition) is 4. The number of Topliss-reactive ketones (excluding diaryl/α,β-unsaturated/α-hetero) is 1. The third kappa shape index (κ3) is 4.09. The van der Waals surface area contributed by atoms with Crippen LogP contribution in [0, 0.1) is 0 Å². The van der Waals surface area contributed by atoms with E-state index in [9.17, 15) is 14.4 Å². The number of hydrogen-bond donors (Lipinski definition) is 2. The lowest BCUT2D eigenvalue weighted by molar-refractivity contribution is -0.124. The number of aromatic nitrogens is 1. The quantitative estimate of drug-likeness (QED) is 0.401. The SMILES string of the molecule is CC(=O)c1ccc(N2C(=O)C(CC(=O)Nc3ccc4cc[nH]c4c3)N(C3CCCC3)C2=S)cc1. The van der Waals surface area contributed by atoms with Crippen molar-refractivity contribution in [3.8, 4) is 0 Å². The van der Waals surface area contributed by atoms with Gasteiger partial charge in [-0.3, -0.25) is 19.3 Å². The van der Waals surface area contributed by atoms with Crippen molar-refractivity contribution in [1.29, 1.82) is 0 Å². The molecule has 174 valence electrons. The van der Waals surface area contributed by atoms with E-state index in [1.54, 1.807) is 24.3 Å². The summed E-state index contributed by atoms with van der Waals surface area (Å²) in [5, 5.41) is 4.43.